The van der Waals surface area contributed by atoms with E-state index in [0.717, 1.165) is 18.4 Å². The second-order valence-electron chi connectivity index (χ2n) is 8.97. The van der Waals surface area contributed by atoms with E-state index in [1.807, 2.05) is 12.1 Å². The van der Waals surface area contributed by atoms with Crippen molar-refractivity contribution in [1.82, 2.24) is 9.47 Å². The average molecular weight is 526 g/mol. The average Bonchev–Trinajstić information content (AvgIpc) is 2.89. The standard InChI is InChI=1S/C28H26F3N3O4/c1-33-16-2-3-24(26(33)36)27(37)34-17-14-21(15-18-34)20-7-9-22(10-8-20)32-25(35)13-6-19-4-11-23(12-5-19)38-28(29,30)31/h2-13,16,21H,14-15,17-18H2,1H3,(H,32,35)/b13-6+. The number of nitrogens with zero attached hydrogens (tertiary/aromatic N) is 2. The Morgan fingerprint density at radius 1 is 1.00 bits per heavy atom. The minimum absolute atomic E-state index is 0.176. The van der Waals surface area contributed by atoms with E-state index >= 15 is 0 Å². The van der Waals surface area contributed by atoms with Gasteiger partial charge in [0, 0.05) is 38.1 Å². The number of nitrogens with one attached hydrogen (secondary N) is 1. The molecule has 0 radical (unpaired) electrons. The molecular formula is C28H26F3N3O4. The first-order valence-electron chi connectivity index (χ1n) is 12.0. The van der Waals surface area contributed by atoms with E-state index in [9.17, 15) is 27.6 Å². The summed E-state index contributed by atoms with van der Waals surface area (Å²) in [6.45, 7) is 1.10. The molecule has 0 bridgehead atoms. The second kappa shape index (κ2) is 11.4. The number of alkyl halides is 3. The van der Waals surface area contributed by atoms with Crippen molar-refractivity contribution >= 4 is 23.6 Å². The Labute approximate surface area is 217 Å². The van der Waals surface area contributed by atoms with Crippen LogP contribution >= 0.6 is 0 Å². The molecule has 0 aliphatic carbocycles. The predicted octanol–water partition coefficient (Wildman–Crippen LogP) is 4.96. The zero-order chi connectivity index (χ0) is 27.3. The van der Waals surface area contributed by atoms with Gasteiger partial charge in [0.1, 0.15) is 11.3 Å². The number of amides is 2. The second-order valence-corrected chi connectivity index (χ2v) is 8.97. The summed E-state index contributed by atoms with van der Waals surface area (Å²) in [5, 5.41) is 2.75. The molecule has 1 fully saturated rings. The van der Waals surface area contributed by atoms with Crippen LogP contribution in [0.15, 0.2) is 77.7 Å². The zero-order valence-corrected chi connectivity index (χ0v) is 20.6. The highest BCUT2D eigenvalue weighted by Crippen LogP contribution is 2.29. The highest BCUT2D eigenvalue weighted by molar-refractivity contribution is 6.01. The third kappa shape index (κ3) is 6.90. The van der Waals surface area contributed by atoms with Gasteiger partial charge < -0.3 is 19.5 Å². The summed E-state index contributed by atoms with van der Waals surface area (Å²) in [5.41, 5.74) is 2.12. The maximum absolute atomic E-state index is 12.8. The molecule has 2 aromatic carbocycles. The maximum Gasteiger partial charge on any atom is 0.573 e. The van der Waals surface area contributed by atoms with Crippen molar-refractivity contribution in [3.05, 3.63) is 100.0 Å². The Kier molecular flexibility index (Phi) is 7.99. The number of hydrogen-bond acceptors (Lipinski definition) is 4. The lowest BCUT2D eigenvalue weighted by Gasteiger charge is -2.32. The number of ether oxygens (including phenoxy) is 1. The minimum atomic E-state index is -4.76. The molecule has 0 unspecified atom stereocenters. The number of hydrogen-bond donors (Lipinski definition) is 1. The number of aryl methyl sites for hydroxylation is 1. The predicted molar refractivity (Wildman–Crippen MR) is 137 cm³/mol. The number of pyridine rings is 1. The largest absolute Gasteiger partial charge is 0.573 e. The Bertz CT molecular complexity index is 1370. The summed E-state index contributed by atoms with van der Waals surface area (Å²) in [7, 11) is 1.62. The highest BCUT2D eigenvalue weighted by atomic mass is 19.4. The van der Waals surface area contributed by atoms with Gasteiger partial charge in [-0.3, -0.25) is 14.4 Å². The quantitative estimate of drug-likeness (QED) is 0.462. The third-order valence-corrected chi connectivity index (χ3v) is 6.33. The van der Waals surface area contributed by atoms with Crippen molar-refractivity contribution in [3.63, 3.8) is 0 Å². The molecule has 1 N–H and O–H groups in total. The Hall–Kier alpha value is -4.34. The molecule has 2 heterocycles. The van der Waals surface area contributed by atoms with Crippen LogP contribution in [0.1, 0.15) is 40.2 Å². The van der Waals surface area contributed by atoms with Crippen molar-refractivity contribution in [2.75, 3.05) is 18.4 Å². The van der Waals surface area contributed by atoms with E-state index in [1.54, 1.807) is 42.4 Å². The van der Waals surface area contributed by atoms with Gasteiger partial charge in [-0.25, -0.2) is 0 Å². The molecule has 198 valence electrons. The molecule has 0 atom stereocenters. The molecule has 10 heteroatoms. The van der Waals surface area contributed by atoms with Crippen LogP contribution in [0.2, 0.25) is 0 Å². The summed E-state index contributed by atoms with van der Waals surface area (Å²) in [6, 6.07) is 15.9. The van der Waals surface area contributed by atoms with E-state index in [1.165, 1.54) is 41.0 Å². The van der Waals surface area contributed by atoms with Crippen LogP contribution in [0, 0.1) is 0 Å². The van der Waals surface area contributed by atoms with Gasteiger partial charge in [-0.15, -0.1) is 13.2 Å². The molecule has 7 nitrogen and oxygen atoms in total. The molecule has 1 aliphatic rings. The Balaban J connectivity index is 1.28. The lowest BCUT2D eigenvalue weighted by Crippen LogP contribution is -2.40. The molecule has 0 spiro atoms. The molecule has 4 rings (SSSR count). The van der Waals surface area contributed by atoms with Crippen molar-refractivity contribution < 1.29 is 27.5 Å². The maximum atomic E-state index is 12.8. The van der Waals surface area contributed by atoms with Crippen LogP contribution in [0.3, 0.4) is 0 Å². The number of benzene rings is 2. The monoisotopic (exact) mass is 525 g/mol. The number of halogens is 3. The van der Waals surface area contributed by atoms with Crippen molar-refractivity contribution in [2.45, 2.75) is 25.1 Å². The number of anilines is 1. The summed E-state index contributed by atoms with van der Waals surface area (Å²) in [4.78, 5) is 39.0. The minimum Gasteiger partial charge on any atom is -0.406 e. The fraction of sp³-hybridized carbons (Fsp3) is 0.250. The van der Waals surface area contributed by atoms with E-state index in [-0.39, 0.29) is 34.6 Å². The van der Waals surface area contributed by atoms with Gasteiger partial charge in [-0.05, 0) is 72.4 Å². The third-order valence-electron chi connectivity index (χ3n) is 6.33. The van der Waals surface area contributed by atoms with Crippen LogP contribution in [0.25, 0.3) is 6.08 Å². The van der Waals surface area contributed by atoms with Gasteiger partial charge in [-0.1, -0.05) is 24.3 Å². The number of carbonyl (C=O) groups excluding carboxylic acids is 2. The summed E-state index contributed by atoms with van der Waals surface area (Å²) >= 11 is 0. The zero-order valence-electron chi connectivity index (χ0n) is 20.6. The van der Waals surface area contributed by atoms with Crippen LogP contribution < -0.4 is 15.6 Å². The number of likely N-dealkylation sites (tertiary alicyclic amines) is 1. The van der Waals surface area contributed by atoms with Gasteiger partial charge in [0.25, 0.3) is 11.5 Å². The van der Waals surface area contributed by atoms with Gasteiger partial charge in [0.15, 0.2) is 0 Å². The first-order chi connectivity index (χ1) is 18.1. The molecule has 38 heavy (non-hydrogen) atoms. The lowest BCUT2D eigenvalue weighted by molar-refractivity contribution is -0.274. The van der Waals surface area contributed by atoms with E-state index in [0.29, 0.717) is 24.3 Å². The Morgan fingerprint density at radius 2 is 1.66 bits per heavy atom. The normalized spacial score (nSPS) is 14.5. The number of carbonyl (C=O) groups is 2. The van der Waals surface area contributed by atoms with Crippen molar-refractivity contribution in [3.8, 4) is 5.75 Å². The van der Waals surface area contributed by atoms with Crippen molar-refractivity contribution in [1.29, 1.82) is 0 Å². The first kappa shape index (κ1) is 26.7. The molecule has 2 amide bonds. The number of rotatable bonds is 6. The van der Waals surface area contributed by atoms with Crippen LogP contribution in [0.4, 0.5) is 18.9 Å². The van der Waals surface area contributed by atoms with Gasteiger partial charge in [0.2, 0.25) is 5.91 Å². The fourth-order valence-electron chi connectivity index (χ4n) is 4.32. The molecule has 1 aromatic heterocycles. The van der Waals surface area contributed by atoms with Gasteiger partial charge in [-0.2, -0.15) is 0 Å². The summed E-state index contributed by atoms with van der Waals surface area (Å²) < 4.78 is 42.0. The van der Waals surface area contributed by atoms with E-state index < -0.39 is 6.36 Å². The summed E-state index contributed by atoms with van der Waals surface area (Å²) in [5.74, 6) is -0.710. The first-order valence-corrected chi connectivity index (χ1v) is 12.0. The fourth-order valence-corrected chi connectivity index (χ4v) is 4.32. The number of aromatic nitrogens is 1. The molecular weight excluding hydrogens is 499 g/mol. The summed E-state index contributed by atoms with van der Waals surface area (Å²) in [6.07, 6.45) is 1.17. The molecule has 1 aliphatic heterocycles. The number of piperidine rings is 1. The van der Waals surface area contributed by atoms with Crippen molar-refractivity contribution in [2.24, 2.45) is 7.05 Å². The highest BCUT2D eigenvalue weighted by Gasteiger charge is 2.31. The van der Waals surface area contributed by atoms with Crippen LogP contribution in [-0.2, 0) is 11.8 Å². The smallest absolute Gasteiger partial charge is 0.406 e. The van der Waals surface area contributed by atoms with Gasteiger partial charge in [0.05, 0.1) is 0 Å². The molecule has 1 saturated heterocycles. The Morgan fingerprint density at radius 3 is 2.29 bits per heavy atom. The van der Waals surface area contributed by atoms with E-state index in [2.05, 4.69) is 10.1 Å². The molecule has 3 aromatic rings. The molecule has 0 saturated carbocycles. The SMILES string of the molecule is Cn1cccc(C(=O)N2CCC(c3ccc(NC(=O)/C=C/c4ccc(OC(F)(F)F)cc4)cc3)CC2)c1=O. The van der Waals surface area contributed by atoms with Crippen LogP contribution in [-0.4, -0.2) is 40.7 Å². The lowest BCUT2D eigenvalue weighted by atomic mass is 9.89. The van der Waals surface area contributed by atoms with Crippen LogP contribution in [0.5, 0.6) is 5.75 Å². The topological polar surface area (TPSA) is 80.6 Å². The van der Waals surface area contributed by atoms with Gasteiger partial charge >= 0.3 is 6.36 Å². The van der Waals surface area contributed by atoms with E-state index in [4.69, 9.17) is 0 Å².